The van der Waals surface area contributed by atoms with E-state index in [9.17, 15) is 9.59 Å². The second-order valence-electron chi connectivity index (χ2n) is 2.95. The lowest BCUT2D eigenvalue weighted by molar-refractivity contribution is -0.131. The monoisotopic (exact) mass is 185 g/mol. The van der Waals surface area contributed by atoms with E-state index in [0.29, 0.717) is 19.4 Å². The van der Waals surface area contributed by atoms with Gasteiger partial charge in [-0.3, -0.25) is 9.59 Å². The molecule has 5 nitrogen and oxygen atoms in total. The first-order chi connectivity index (χ1) is 6.34. The fourth-order valence-electron chi connectivity index (χ4n) is 1.31. The third-order valence-electron chi connectivity index (χ3n) is 2.04. The molecule has 1 rings (SSSR count). The van der Waals surface area contributed by atoms with Crippen molar-refractivity contribution in [2.45, 2.75) is 6.42 Å². The summed E-state index contributed by atoms with van der Waals surface area (Å²) in [5.41, 5.74) is 0. The third kappa shape index (κ3) is 3.42. The number of piperazine rings is 1. The molecule has 0 aromatic rings. The largest absolute Gasteiger partial charge is 0.358 e. The maximum atomic E-state index is 11.4. The molecular weight excluding hydrogens is 170 g/mol. The topological polar surface area (TPSA) is 61.4 Å². The van der Waals surface area contributed by atoms with E-state index >= 15 is 0 Å². The van der Waals surface area contributed by atoms with Gasteiger partial charge in [-0.05, 0) is 0 Å². The molecule has 0 saturated carbocycles. The lowest BCUT2D eigenvalue weighted by atomic mass is 10.3. The van der Waals surface area contributed by atoms with Gasteiger partial charge in [-0.25, -0.2) is 0 Å². The summed E-state index contributed by atoms with van der Waals surface area (Å²) in [5.74, 6) is 0.121. The highest BCUT2D eigenvalue weighted by molar-refractivity contribution is 5.76. The fourth-order valence-corrected chi connectivity index (χ4v) is 1.31. The fraction of sp³-hybridized carbons (Fsp3) is 0.750. The predicted molar refractivity (Wildman–Crippen MR) is 48.1 cm³/mol. The molecule has 0 aromatic heterocycles. The number of rotatable bonds is 4. The number of hydrogen-bond donors (Lipinski definition) is 2. The van der Waals surface area contributed by atoms with E-state index in [-0.39, 0.29) is 5.91 Å². The van der Waals surface area contributed by atoms with Crippen molar-refractivity contribution >= 4 is 12.3 Å². The zero-order valence-electron chi connectivity index (χ0n) is 7.58. The van der Waals surface area contributed by atoms with Crippen LogP contribution in [0.1, 0.15) is 6.42 Å². The van der Waals surface area contributed by atoms with Crippen molar-refractivity contribution in [3.63, 3.8) is 0 Å². The summed E-state index contributed by atoms with van der Waals surface area (Å²) < 4.78 is 0. The highest BCUT2D eigenvalue weighted by Gasteiger charge is 2.14. The second kappa shape index (κ2) is 5.53. The quantitative estimate of drug-likeness (QED) is 0.416. The minimum Gasteiger partial charge on any atom is -0.358 e. The van der Waals surface area contributed by atoms with Crippen LogP contribution in [0.2, 0.25) is 0 Å². The van der Waals surface area contributed by atoms with Crippen molar-refractivity contribution < 1.29 is 9.59 Å². The number of nitrogens with one attached hydrogen (secondary N) is 2. The van der Waals surface area contributed by atoms with Crippen LogP contribution in [-0.2, 0) is 9.59 Å². The molecule has 1 heterocycles. The van der Waals surface area contributed by atoms with Gasteiger partial charge in [0.1, 0.15) is 0 Å². The van der Waals surface area contributed by atoms with Gasteiger partial charge >= 0.3 is 0 Å². The van der Waals surface area contributed by atoms with Gasteiger partial charge in [0.15, 0.2) is 0 Å². The number of carbonyl (C=O) groups is 2. The van der Waals surface area contributed by atoms with Gasteiger partial charge in [-0.2, -0.15) is 0 Å². The Morgan fingerprint density at radius 3 is 2.77 bits per heavy atom. The molecule has 5 heteroatoms. The van der Waals surface area contributed by atoms with E-state index in [0.717, 1.165) is 26.2 Å². The van der Waals surface area contributed by atoms with Crippen LogP contribution in [0.5, 0.6) is 0 Å². The summed E-state index contributed by atoms with van der Waals surface area (Å²) >= 11 is 0. The lowest BCUT2D eigenvalue weighted by Gasteiger charge is -2.27. The van der Waals surface area contributed by atoms with Crippen molar-refractivity contribution in [1.82, 2.24) is 15.5 Å². The average molecular weight is 185 g/mol. The molecule has 2 N–H and O–H groups in total. The summed E-state index contributed by atoms with van der Waals surface area (Å²) in [6.07, 6.45) is 1.02. The summed E-state index contributed by atoms with van der Waals surface area (Å²) in [4.78, 5) is 23.2. The highest BCUT2D eigenvalue weighted by Crippen LogP contribution is 1.95. The molecule has 0 radical (unpaired) electrons. The summed E-state index contributed by atoms with van der Waals surface area (Å²) in [6, 6.07) is 0. The average Bonchev–Trinajstić information content (AvgIpc) is 2.19. The molecule has 0 atom stereocenters. The lowest BCUT2D eigenvalue weighted by Crippen LogP contribution is -2.46. The molecular formula is C8H15N3O2. The number of carbonyl (C=O) groups excluding carboxylic acids is 2. The molecule has 0 unspecified atom stereocenters. The van der Waals surface area contributed by atoms with E-state index in [4.69, 9.17) is 0 Å². The number of hydrogen-bond acceptors (Lipinski definition) is 3. The Hall–Kier alpha value is -1.10. The Balaban J connectivity index is 2.17. The van der Waals surface area contributed by atoms with Gasteiger partial charge in [-0.1, -0.05) is 0 Å². The smallest absolute Gasteiger partial charge is 0.224 e. The van der Waals surface area contributed by atoms with E-state index in [1.807, 2.05) is 4.90 Å². The van der Waals surface area contributed by atoms with Crippen LogP contribution in [0.25, 0.3) is 0 Å². The maximum absolute atomic E-state index is 11.4. The Morgan fingerprint density at radius 2 is 2.15 bits per heavy atom. The van der Waals surface area contributed by atoms with Crippen LogP contribution in [0, 0.1) is 0 Å². The van der Waals surface area contributed by atoms with Crippen LogP contribution in [0.15, 0.2) is 0 Å². The molecule has 1 aliphatic rings. The molecule has 1 fully saturated rings. The molecule has 1 saturated heterocycles. The van der Waals surface area contributed by atoms with Crippen LogP contribution in [0.4, 0.5) is 0 Å². The molecule has 1 aliphatic heterocycles. The molecule has 2 amide bonds. The van der Waals surface area contributed by atoms with Crippen LogP contribution in [-0.4, -0.2) is 49.9 Å². The maximum Gasteiger partial charge on any atom is 0.224 e. The van der Waals surface area contributed by atoms with Crippen LogP contribution < -0.4 is 10.6 Å². The minimum absolute atomic E-state index is 0.121. The SMILES string of the molecule is O=CNCCC(=O)N1CCNCC1. The van der Waals surface area contributed by atoms with Crippen molar-refractivity contribution in [2.24, 2.45) is 0 Å². The van der Waals surface area contributed by atoms with Gasteiger partial charge in [0.2, 0.25) is 12.3 Å². The van der Waals surface area contributed by atoms with Gasteiger partial charge in [0.05, 0.1) is 0 Å². The van der Waals surface area contributed by atoms with E-state index in [1.54, 1.807) is 0 Å². The molecule has 74 valence electrons. The molecule has 0 aromatic carbocycles. The zero-order chi connectivity index (χ0) is 9.52. The molecule has 0 spiro atoms. The van der Waals surface area contributed by atoms with Crippen molar-refractivity contribution in [3.8, 4) is 0 Å². The summed E-state index contributed by atoms with van der Waals surface area (Å²) in [6.45, 7) is 3.73. The Labute approximate surface area is 77.5 Å². The molecule has 13 heavy (non-hydrogen) atoms. The standard InChI is InChI=1S/C8H15N3O2/c12-7-10-2-1-8(13)11-5-3-9-4-6-11/h7,9H,1-6H2,(H,10,12). The molecule has 0 aliphatic carbocycles. The van der Waals surface area contributed by atoms with Crippen molar-refractivity contribution in [2.75, 3.05) is 32.7 Å². The van der Waals surface area contributed by atoms with Gasteiger partial charge in [0, 0.05) is 39.1 Å². The first-order valence-electron chi connectivity index (χ1n) is 4.50. The Kier molecular flexibility index (Phi) is 4.25. The van der Waals surface area contributed by atoms with Gasteiger partial charge < -0.3 is 15.5 Å². The van der Waals surface area contributed by atoms with E-state index < -0.39 is 0 Å². The summed E-state index contributed by atoms with van der Waals surface area (Å²) in [7, 11) is 0. The predicted octanol–water partition coefficient (Wildman–Crippen LogP) is -1.45. The number of amides is 2. The normalized spacial score (nSPS) is 16.8. The first kappa shape index (κ1) is 9.98. The van der Waals surface area contributed by atoms with E-state index in [1.165, 1.54) is 0 Å². The van der Waals surface area contributed by atoms with Crippen molar-refractivity contribution in [3.05, 3.63) is 0 Å². The van der Waals surface area contributed by atoms with Crippen LogP contribution in [0.3, 0.4) is 0 Å². The van der Waals surface area contributed by atoms with Gasteiger partial charge in [0.25, 0.3) is 0 Å². The Bertz CT molecular complexity index is 178. The zero-order valence-corrected chi connectivity index (χ0v) is 7.58. The highest BCUT2D eigenvalue weighted by atomic mass is 16.2. The number of nitrogens with zero attached hydrogens (tertiary/aromatic N) is 1. The second-order valence-corrected chi connectivity index (χ2v) is 2.95. The molecule has 0 bridgehead atoms. The van der Waals surface area contributed by atoms with Crippen molar-refractivity contribution in [1.29, 1.82) is 0 Å². The minimum atomic E-state index is 0.121. The third-order valence-corrected chi connectivity index (χ3v) is 2.04. The van der Waals surface area contributed by atoms with E-state index in [2.05, 4.69) is 10.6 Å². The summed E-state index contributed by atoms with van der Waals surface area (Å²) in [5, 5.41) is 5.65. The first-order valence-corrected chi connectivity index (χ1v) is 4.50. The van der Waals surface area contributed by atoms with Crippen LogP contribution >= 0.6 is 0 Å². The van der Waals surface area contributed by atoms with Gasteiger partial charge in [-0.15, -0.1) is 0 Å². The Morgan fingerprint density at radius 1 is 1.46 bits per heavy atom.